The predicted octanol–water partition coefficient (Wildman–Crippen LogP) is -0.260. The summed E-state index contributed by atoms with van der Waals surface area (Å²) >= 11 is 3.91. The van der Waals surface area contributed by atoms with Gasteiger partial charge in [-0.05, 0) is 18.3 Å². The van der Waals surface area contributed by atoms with E-state index in [4.69, 9.17) is 15.9 Å². The SMILES string of the molecule is CCC(C)C(N)C(=O)NC(CCC(=O)O)C(=O)NC(C(=O)NC(CS)C(=O)O)C(C)CC. The number of rotatable bonds is 15. The fraction of sp³-hybridized carbons (Fsp3) is 0.750. The average molecular weight is 477 g/mol. The van der Waals surface area contributed by atoms with Gasteiger partial charge >= 0.3 is 11.9 Å². The summed E-state index contributed by atoms with van der Waals surface area (Å²) in [7, 11) is 0. The molecule has 7 N–H and O–H groups in total. The van der Waals surface area contributed by atoms with Gasteiger partial charge in [0.15, 0.2) is 0 Å². The number of carbonyl (C=O) groups excluding carboxylic acids is 3. The van der Waals surface area contributed by atoms with Crippen LogP contribution in [0.5, 0.6) is 0 Å². The first-order chi connectivity index (χ1) is 14.9. The molecule has 0 rings (SSSR count). The average Bonchev–Trinajstić information content (AvgIpc) is 2.75. The fourth-order valence-electron chi connectivity index (χ4n) is 2.72. The van der Waals surface area contributed by atoms with Crippen molar-refractivity contribution >= 4 is 42.3 Å². The maximum Gasteiger partial charge on any atom is 0.327 e. The van der Waals surface area contributed by atoms with Crippen molar-refractivity contribution in [1.29, 1.82) is 0 Å². The smallest absolute Gasteiger partial charge is 0.327 e. The standard InChI is InChI=1S/C20H36N4O7S/c1-5-10(3)15(21)18(28)22-12(7-8-14(25)26)17(27)24-16(11(4)6-2)19(29)23-13(9-32)20(30)31/h10-13,15-16,32H,5-9,21H2,1-4H3,(H,22,28)(H,23,29)(H,24,27)(H,25,26)(H,30,31). The molecule has 0 bridgehead atoms. The second-order valence-electron chi connectivity index (χ2n) is 7.86. The molecule has 0 aliphatic carbocycles. The van der Waals surface area contributed by atoms with E-state index in [9.17, 15) is 24.0 Å². The molecule has 0 fully saturated rings. The Hall–Kier alpha value is -2.34. The van der Waals surface area contributed by atoms with Gasteiger partial charge in [0.05, 0.1) is 6.04 Å². The number of amides is 3. The van der Waals surface area contributed by atoms with E-state index >= 15 is 0 Å². The number of aliphatic carboxylic acids is 2. The first-order valence-electron chi connectivity index (χ1n) is 10.6. The molecular formula is C20H36N4O7S. The van der Waals surface area contributed by atoms with Gasteiger partial charge in [0.2, 0.25) is 17.7 Å². The first-order valence-corrected chi connectivity index (χ1v) is 11.2. The number of carboxylic acids is 2. The van der Waals surface area contributed by atoms with E-state index in [0.717, 1.165) is 0 Å². The molecule has 11 nitrogen and oxygen atoms in total. The second kappa shape index (κ2) is 14.7. The van der Waals surface area contributed by atoms with E-state index in [2.05, 4.69) is 28.6 Å². The van der Waals surface area contributed by atoms with Crippen molar-refractivity contribution in [3.8, 4) is 0 Å². The molecule has 0 aromatic heterocycles. The van der Waals surface area contributed by atoms with Gasteiger partial charge in [-0.2, -0.15) is 12.6 Å². The number of hydrogen-bond acceptors (Lipinski definition) is 7. The van der Waals surface area contributed by atoms with Crippen molar-refractivity contribution in [3.05, 3.63) is 0 Å². The van der Waals surface area contributed by atoms with Crippen LogP contribution in [0.2, 0.25) is 0 Å². The predicted molar refractivity (Wildman–Crippen MR) is 121 cm³/mol. The summed E-state index contributed by atoms with van der Waals surface area (Å²) in [4.78, 5) is 60.3. The van der Waals surface area contributed by atoms with Crippen molar-refractivity contribution < 1.29 is 34.2 Å². The van der Waals surface area contributed by atoms with Crippen molar-refractivity contribution in [3.63, 3.8) is 0 Å². The van der Waals surface area contributed by atoms with Crippen LogP contribution in [0.1, 0.15) is 53.4 Å². The summed E-state index contributed by atoms with van der Waals surface area (Å²) in [5.74, 6) is -5.17. The molecule has 0 spiro atoms. The third-order valence-corrected chi connectivity index (χ3v) is 5.80. The van der Waals surface area contributed by atoms with Crippen LogP contribution in [0.15, 0.2) is 0 Å². The number of nitrogens with two attached hydrogens (primary N) is 1. The molecule has 0 aliphatic heterocycles. The molecule has 6 atom stereocenters. The highest BCUT2D eigenvalue weighted by Crippen LogP contribution is 2.11. The summed E-state index contributed by atoms with van der Waals surface area (Å²) in [6.45, 7) is 7.13. The Kier molecular flexibility index (Phi) is 13.6. The zero-order valence-electron chi connectivity index (χ0n) is 19.0. The Bertz CT molecular complexity index is 676. The molecule has 0 aliphatic rings. The van der Waals surface area contributed by atoms with Gasteiger partial charge in [-0.15, -0.1) is 0 Å². The van der Waals surface area contributed by atoms with Crippen molar-refractivity contribution in [2.75, 3.05) is 5.75 Å². The highest BCUT2D eigenvalue weighted by atomic mass is 32.1. The number of nitrogens with one attached hydrogen (secondary N) is 3. The van der Waals surface area contributed by atoms with Crippen molar-refractivity contribution in [2.45, 2.75) is 77.5 Å². The molecule has 0 aromatic rings. The largest absolute Gasteiger partial charge is 0.481 e. The van der Waals surface area contributed by atoms with Gasteiger partial charge in [-0.25, -0.2) is 4.79 Å². The minimum absolute atomic E-state index is 0.146. The van der Waals surface area contributed by atoms with Crippen molar-refractivity contribution in [2.24, 2.45) is 17.6 Å². The zero-order chi connectivity index (χ0) is 25.0. The molecule has 0 aromatic carbocycles. The first kappa shape index (κ1) is 29.7. The molecule has 0 radical (unpaired) electrons. The van der Waals surface area contributed by atoms with Gasteiger partial charge in [0, 0.05) is 12.2 Å². The fourth-order valence-corrected chi connectivity index (χ4v) is 2.97. The van der Waals surface area contributed by atoms with E-state index in [1.165, 1.54) is 0 Å². The molecular weight excluding hydrogens is 440 g/mol. The Morgan fingerprint density at radius 3 is 1.81 bits per heavy atom. The van der Waals surface area contributed by atoms with Crippen LogP contribution in [0.3, 0.4) is 0 Å². The Balaban J connectivity index is 5.57. The number of thiol groups is 1. The van der Waals surface area contributed by atoms with E-state index in [1.54, 1.807) is 20.8 Å². The molecule has 6 unspecified atom stereocenters. The summed E-state index contributed by atoms with van der Waals surface area (Å²) in [6, 6.07) is -4.46. The Morgan fingerprint density at radius 1 is 0.844 bits per heavy atom. The highest BCUT2D eigenvalue weighted by molar-refractivity contribution is 7.80. The van der Waals surface area contributed by atoms with Crippen molar-refractivity contribution in [1.82, 2.24) is 16.0 Å². The minimum Gasteiger partial charge on any atom is -0.481 e. The van der Waals surface area contributed by atoms with E-state index in [1.807, 2.05) is 6.92 Å². The lowest BCUT2D eigenvalue weighted by Crippen LogP contribution is -2.59. The zero-order valence-corrected chi connectivity index (χ0v) is 19.9. The lowest BCUT2D eigenvalue weighted by Gasteiger charge is -2.28. The lowest BCUT2D eigenvalue weighted by atomic mass is 9.96. The van der Waals surface area contributed by atoms with Crippen LogP contribution in [0, 0.1) is 11.8 Å². The second-order valence-corrected chi connectivity index (χ2v) is 8.22. The van der Waals surface area contributed by atoms with Gasteiger partial charge in [-0.1, -0.05) is 40.5 Å². The van der Waals surface area contributed by atoms with Crippen LogP contribution in [0.4, 0.5) is 0 Å². The molecule has 12 heteroatoms. The number of carbonyl (C=O) groups is 5. The summed E-state index contributed by atoms with van der Waals surface area (Å²) < 4.78 is 0. The lowest BCUT2D eigenvalue weighted by molar-refractivity contribution is -0.142. The van der Waals surface area contributed by atoms with Gasteiger partial charge < -0.3 is 31.9 Å². The Morgan fingerprint density at radius 2 is 1.38 bits per heavy atom. The highest BCUT2D eigenvalue weighted by Gasteiger charge is 2.33. The quantitative estimate of drug-likeness (QED) is 0.157. The molecule has 0 heterocycles. The van der Waals surface area contributed by atoms with Crippen LogP contribution >= 0.6 is 12.6 Å². The van der Waals surface area contributed by atoms with Gasteiger partial charge in [-0.3, -0.25) is 19.2 Å². The summed E-state index contributed by atoms with van der Waals surface area (Å²) in [5, 5.41) is 25.5. The minimum atomic E-state index is -1.27. The monoisotopic (exact) mass is 476 g/mol. The number of carboxylic acid groups (broad SMARTS) is 2. The van der Waals surface area contributed by atoms with Crippen LogP contribution in [-0.2, 0) is 24.0 Å². The van der Waals surface area contributed by atoms with E-state index in [0.29, 0.717) is 12.8 Å². The number of hydrogen-bond donors (Lipinski definition) is 7. The van der Waals surface area contributed by atoms with Crippen LogP contribution < -0.4 is 21.7 Å². The summed E-state index contributed by atoms with van der Waals surface area (Å²) in [5.41, 5.74) is 5.91. The molecule has 184 valence electrons. The molecule has 0 saturated heterocycles. The normalized spacial score (nSPS) is 16.6. The Labute approximate surface area is 193 Å². The van der Waals surface area contributed by atoms with E-state index < -0.39 is 60.2 Å². The molecule has 3 amide bonds. The maximum atomic E-state index is 12.9. The third-order valence-electron chi connectivity index (χ3n) is 5.43. The van der Waals surface area contributed by atoms with Crippen LogP contribution in [-0.4, -0.2) is 69.8 Å². The van der Waals surface area contributed by atoms with Gasteiger partial charge in [0.25, 0.3) is 0 Å². The van der Waals surface area contributed by atoms with Crippen LogP contribution in [0.25, 0.3) is 0 Å². The topological polar surface area (TPSA) is 188 Å². The van der Waals surface area contributed by atoms with Gasteiger partial charge in [0.1, 0.15) is 18.1 Å². The molecule has 32 heavy (non-hydrogen) atoms. The molecule has 0 saturated carbocycles. The maximum absolute atomic E-state index is 12.9. The summed E-state index contributed by atoms with van der Waals surface area (Å²) in [6.07, 6.45) is 0.524. The van der Waals surface area contributed by atoms with E-state index in [-0.39, 0.29) is 24.0 Å². The third kappa shape index (κ3) is 9.86.